The molecule has 0 bridgehead atoms. The van der Waals surface area contributed by atoms with Crippen LogP contribution in [0.3, 0.4) is 0 Å². The van der Waals surface area contributed by atoms with Crippen LogP contribution >= 0.6 is 0 Å². The molecule has 0 aliphatic rings. The molecule has 0 heterocycles. The molecule has 0 radical (unpaired) electrons. The minimum atomic E-state index is -1.29. The first-order valence-electron chi connectivity index (χ1n) is 5.77. The van der Waals surface area contributed by atoms with Crippen molar-refractivity contribution in [3.63, 3.8) is 0 Å². The van der Waals surface area contributed by atoms with Gasteiger partial charge in [-0.2, -0.15) is 0 Å². The minimum absolute atomic E-state index is 0.0879. The predicted molar refractivity (Wildman–Crippen MR) is 67.1 cm³/mol. The highest BCUT2D eigenvalue weighted by atomic mass is 16.4. The molecule has 0 aliphatic carbocycles. The number of benzene rings is 1. The van der Waals surface area contributed by atoms with Gasteiger partial charge < -0.3 is 25.6 Å². The Bertz CT molecular complexity index is 456. The molecule has 1 aromatic carbocycles. The molecular weight excluding hydrogens is 248 g/mol. The summed E-state index contributed by atoms with van der Waals surface area (Å²) in [6, 6.07) is 4.95. The largest absolute Gasteiger partial charge is 0.544 e. The summed E-state index contributed by atoms with van der Waals surface area (Å²) in [4.78, 5) is 22.5. The van der Waals surface area contributed by atoms with E-state index in [-0.39, 0.29) is 12.2 Å². The van der Waals surface area contributed by atoms with Gasteiger partial charge in [0.1, 0.15) is 11.8 Å². The lowest BCUT2D eigenvalue weighted by molar-refractivity contribution is -0.674. The van der Waals surface area contributed by atoms with Gasteiger partial charge in [0.05, 0.1) is 18.9 Å². The SMILES string of the molecule is C=CC[NH2+][C@H](CC(=O)Nc1ccc(O)cc1)C(=O)[O-]. The average Bonchev–Trinajstić information content (AvgIpc) is 2.37. The number of carboxylic acid groups (broad SMARTS) is 1. The van der Waals surface area contributed by atoms with Crippen LogP contribution in [0, 0.1) is 0 Å². The maximum atomic E-state index is 11.7. The second-order valence-corrected chi connectivity index (χ2v) is 3.98. The van der Waals surface area contributed by atoms with Crippen molar-refractivity contribution < 1.29 is 25.1 Å². The van der Waals surface area contributed by atoms with E-state index in [0.717, 1.165) is 0 Å². The molecule has 1 aromatic rings. The van der Waals surface area contributed by atoms with Crippen molar-refractivity contribution in [3.05, 3.63) is 36.9 Å². The van der Waals surface area contributed by atoms with Gasteiger partial charge in [0.2, 0.25) is 5.91 Å². The summed E-state index contributed by atoms with van der Waals surface area (Å²) >= 11 is 0. The summed E-state index contributed by atoms with van der Waals surface area (Å²) in [6.07, 6.45) is 1.35. The second-order valence-electron chi connectivity index (χ2n) is 3.98. The Morgan fingerprint density at radius 1 is 1.42 bits per heavy atom. The summed E-state index contributed by atoms with van der Waals surface area (Å²) < 4.78 is 0. The normalized spacial score (nSPS) is 11.6. The molecule has 0 saturated heterocycles. The molecular formula is C13H16N2O4. The zero-order valence-electron chi connectivity index (χ0n) is 10.3. The number of carbonyl (C=O) groups excluding carboxylic acids is 2. The first kappa shape index (κ1) is 14.7. The molecule has 4 N–H and O–H groups in total. The van der Waals surface area contributed by atoms with Gasteiger partial charge in [-0.15, -0.1) is 0 Å². The van der Waals surface area contributed by atoms with Gasteiger partial charge in [0.25, 0.3) is 0 Å². The maximum Gasteiger partial charge on any atom is 0.230 e. The molecule has 6 nitrogen and oxygen atoms in total. The Kier molecular flexibility index (Phi) is 5.56. The number of rotatable bonds is 7. The molecule has 6 heteroatoms. The van der Waals surface area contributed by atoms with Crippen molar-refractivity contribution >= 4 is 17.6 Å². The quantitative estimate of drug-likeness (QED) is 0.415. The van der Waals surface area contributed by atoms with Gasteiger partial charge >= 0.3 is 0 Å². The van der Waals surface area contributed by atoms with Crippen LogP contribution in [-0.4, -0.2) is 29.6 Å². The number of amides is 1. The van der Waals surface area contributed by atoms with E-state index >= 15 is 0 Å². The smallest absolute Gasteiger partial charge is 0.230 e. The molecule has 102 valence electrons. The Labute approximate surface area is 110 Å². The van der Waals surface area contributed by atoms with Gasteiger partial charge in [-0.3, -0.25) is 4.79 Å². The standard InChI is InChI=1S/C13H16N2O4/c1-2-7-14-11(13(18)19)8-12(17)15-9-3-5-10(16)6-4-9/h2-6,11,14,16H,1,7-8H2,(H,15,17)(H,18,19)/t11-/m1/s1. The van der Waals surface area contributed by atoms with Crippen LogP contribution in [0.4, 0.5) is 5.69 Å². The first-order valence-corrected chi connectivity index (χ1v) is 5.77. The van der Waals surface area contributed by atoms with E-state index in [1.54, 1.807) is 6.08 Å². The lowest BCUT2D eigenvalue weighted by Gasteiger charge is -2.15. The fourth-order valence-electron chi connectivity index (χ4n) is 1.48. The number of phenols is 1. The van der Waals surface area contributed by atoms with Crippen molar-refractivity contribution in [3.8, 4) is 5.75 Å². The topological polar surface area (TPSA) is 106 Å². The first-order chi connectivity index (χ1) is 9.02. The Morgan fingerprint density at radius 3 is 2.58 bits per heavy atom. The zero-order valence-corrected chi connectivity index (χ0v) is 10.3. The monoisotopic (exact) mass is 264 g/mol. The summed E-state index contributed by atoms with van der Waals surface area (Å²) in [7, 11) is 0. The lowest BCUT2D eigenvalue weighted by atomic mass is 10.2. The summed E-state index contributed by atoms with van der Waals surface area (Å²) in [5.41, 5.74) is 0.489. The number of aromatic hydroxyl groups is 1. The fourth-order valence-corrected chi connectivity index (χ4v) is 1.48. The number of hydrogen-bond donors (Lipinski definition) is 3. The number of carbonyl (C=O) groups is 2. The lowest BCUT2D eigenvalue weighted by Crippen LogP contribution is -2.93. The molecule has 0 saturated carbocycles. The molecule has 0 aliphatic heterocycles. The average molecular weight is 264 g/mol. The number of nitrogens with one attached hydrogen (secondary N) is 1. The molecule has 0 aromatic heterocycles. The number of aliphatic carboxylic acids is 1. The Balaban J connectivity index is 2.54. The fraction of sp³-hybridized carbons (Fsp3) is 0.231. The molecule has 1 amide bonds. The highest BCUT2D eigenvalue weighted by Gasteiger charge is 2.17. The number of carboxylic acids is 1. The third kappa shape index (κ3) is 5.22. The molecule has 1 rings (SSSR count). The number of phenolic OH excluding ortho intramolecular Hbond substituents is 1. The van der Waals surface area contributed by atoms with Crippen molar-refractivity contribution in [2.75, 3.05) is 11.9 Å². The number of quaternary nitrogens is 1. The maximum absolute atomic E-state index is 11.7. The van der Waals surface area contributed by atoms with E-state index in [1.807, 2.05) is 0 Å². The van der Waals surface area contributed by atoms with Crippen molar-refractivity contribution in [2.45, 2.75) is 12.5 Å². The minimum Gasteiger partial charge on any atom is -0.544 e. The molecule has 0 fully saturated rings. The second kappa shape index (κ2) is 7.17. The van der Waals surface area contributed by atoms with Crippen LogP contribution in [-0.2, 0) is 9.59 Å². The van der Waals surface area contributed by atoms with Crippen LogP contribution in [0.15, 0.2) is 36.9 Å². The number of nitrogens with two attached hydrogens (primary N) is 1. The third-order valence-electron chi connectivity index (χ3n) is 2.45. The number of hydrogen-bond acceptors (Lipinski definition) is 4. The van der Waals surface area contributed by atoms with Crippen molar-refractivity contribution in [1.82, 2.24) is 0 Å². The molecule has 0 spiro atoms. The van der Waals surface area contributed by atoms with E-state index in [2.05, 4.69) is 11.9 Å². The summed E-state index contributed by atoms with van der Waals surface area (Å²) in [5, 5.41) is 24.0. The molecule has 0 unspecified atom stereocenters. The summed E-state index contributed by atoms with van der Waals surface area (Å²) in [5.74, 6) is -1.63. The van der Waals surface area contributed by atoms with E-state index in [0.29, 0.717) is 12.2 Å². The van der Waals surface area contributed by atoms with Gasteiger partial charge in [-0.05, 0) is 30.3 Å². The van der Waals surface area contributed by atoms with Gasteiger partial charge in [0.15, 0.2) is 0 Å². The van der Waals surface area contributed by atoms with Crippen LogP contribution in [0.25, 0.3) is 0 Å². The van der Waals surface area contributed by atoms with Gasteiger partial charge in [0, 0.05) is 5.69 Å². The number of anilines is 1. The van der Waals surface area contributed by atoms with Crippen LogP contribution in [0.5, 0.6) is 5.75 Å². The van der Waals surface area contributed by atoms with Crippen LogP contribution in [0.1, 0.15) is 6.42 Å². The third-order valence-corrected chi connectivity index (χ3v) is 2.45. The van der Waals surface area contributed by atoms with E-state index in [4.69, 9.17) is 5.11 Å². The Morgan fingerprint density at radius 2 is 2.05 bits per heavy atom. The molecule has 1 atom stereocenters. The zero-order chi connectivity index (χ0) is 14.3. The Hall–Kier alpha value is -2.34. The van der Waals surface area contributed by atoms with E-state index in [9.17, 15) is 14.7 Å². The van der Waals surface area contributed by atoms with Crippen LogP contribution in [0.2, 0.25) is 0 Å². The highest BCUT2D eigenvalue weighted by Crippen LogP contribution is 2.13. The predicted octanol–water partition coefficient (Wildman–Crippen LogP) is -1.41. The van der Waals surface area contributed by atoms with Crippen molar-refractivity contribution in [2.24, 2.45) is 0 Å². The van der Waals surface area contributed by atoms with E-state index < -0.39 is 17.9 Å². The highest BCUT2D eigenvalue weighted by molar-refractivity contribution is 5.93. The van der Waals surface area contributed by atoms with E-state index in [1.165, 1.54) is 29.6 Å². The molecule has 19 heavy (non-hydrogen) atoms. The van der Waals surface area contributed by atoms with Gasteiger partial charge in [-0.1, -0.05) is 6.58 Å². The summed E-state index contributed by atoms with van der Waals surface area (Å²) in [6.45, 7) is 3.87. The van der Waals surface area contributed by atoms with Crippen molar-refractivity contribution in [1.29, 1.82) is 0 Å². The van der Waals surface area contributed by atoms with Crippen LogP contribution < -0.4 is 15.7 Å². The van der Waals surface area contributed by atoms with Gasteiger partial charge in [-0.25, -0.2) is 0 Å².